The van der Waals surface area contributed by atoms with Gasteiger partial charge < -0.3 is 0 Å². The molecule has 5 nitrogen and oxygen atoms in total. The van der Waals surface area contributed by atoms with Crippen molar-refractivity contribution in [3.05, 3.63) is 75.1 Å². The molecule has 22 heavy (non-hydrogen) atoms. The van der Waals surface area contributed by atoms with E-state index >= 15 is 0 Å². The third-order valence-electron chi connectivity index (χ3n) is 5.28. The van der Waals surface area contributed by atoms with Crippen LogP contribution in [0.3, 0.4) is 0 Å². The molecule has 4 unspecified atom stereocenters. The fourth-order valence-electron chi connectivity index (χ4n) is 4.22. The fourth-order valence-corrected chi connectivity index (χ4v) is 4.22. The number of benzene rings is 1. The molecule has 2 aliphatic carbocycles. The highest BCUT2D eigenvalue weighted by molar-refractivity contribution is 5.75. The van der Waals surface area contributed by atoms with Crippen LogP contribution < -0.4 is 11.4 Å². The average Bonchev–Trinajstić information content (AvgIpc) is 2.75. The molecule has 0 radical (unpaired) electrons. The third kappa shape index (κ3) is 1.21. The first-order valence-electron chi connectivity index (χ1n) is 7.54. The second-order valence-corrected chi connectivity index (χ2v) is 6.27. The van der Waals surface area contributed by atoms with E-state index in [9.17, 15) is 9.59 Å². The van der Waals surface area contributed by atoms with E-state index in [1.807, 2.05) is 18.2 Å². The maximum Gasteiger partial charge on any atom is 0.347 e. The Hall–Kier alpha value is -2.56. The molecular weight excluding hydrogens is 278 g/mol. The fraction of sp³-hybridized carbons (Fsp3) is 0.294. The molecule has 4 aliphatic rings. The molecule has 0 amide bonds. The highest BCUT2D eigenvalue weighted by Crippen LogP contribution is 2.56. The van der Waals surface area contributed by atoms with E-state index in [2.05, 4.69) is 30.4 Å². The van der Waals surface area contributed by atoms with Gasteiger partial charge in [0, 0.05) is 18.9 Å². The summed E-state index contributed by atoms with van der Waals surface area (Å²) < 4.78 is 4.48. The smallest absolute Gasteiger partial charge is 0.246 e. The van der Waals surface area contributed by atoms with Crippen LogP contribution in [0, 0.1) is 11.8 Å². The molecule has 0 fully saturated rings. The van der Waals surface area contributed by atoms with Crippen molar-refractivity contribution in [2.45, 2.75) is 12.1 Å². The maximum absolute atomic E-state index is 12.4. The summed E-state index contributed by atoms with van der Waals surface area (Å²) in [4.78, 5) is 24.7. The van der Waals surface area contributed by atoms with Gasteiger partial charge in [0.25, 0.3) is 0 Å². The van der Waals surface area contributed by atoms with Crippen LogP contribution in [0.25, 0.3) is 5.57 Å². The summed E-state index contributed by atoms with van der Waals surface area (Å²) in [5.74, 6) is 0.599. The molecule has 4 atom stereocenters. The lowest BCUT2D eigenvalue weighted by atomic mass is 9.62. The van der Waals surface area contributed by atoms with Crippen molar-refractivity contribution >= 4 is 5.57 Å². The molecule has 1 aromatic heterocycles. The van der Waals surface area contributed by atoms with Crippen molar-refractivity contribution in [3.63, 3.8) is 0 Å². The monoisotopic (exact) mass is 293 g/mol. The largest absolute Gasteiger partial charge is 0.347 e. The number of nitrogens with zero attached hydrogens (tertiary/aromatic N) is 3. The Morgan fingerprint density at radius 2 is 1.55 bits per heavy atom. The standard InChI is InChI=1S/C17H15N3O2/c1-18-16(21)19-13-7-8-14(20(19)17(18)22)15-11(9-12(13)15)10-5-3-2-4-6-10/h2-9,12-15H,1H3. The normalized spacial score (nSPS) is 30.5. The van der Waals surface area contributed by atoms with Crippen LogP contribution in [-0.2, 0) is 7.05 Å². The van der Waals surface area contributed by atoms with Crippen molar-refractivity contribution in [2.75, 3.05) is 0 Å². The summed E-state index contributed by atoms with van der Waals surface area (Å²) in [6.45, 7) is 0. The highest BCUT2D eigenvalue weighted by atomic mass is 16.2. The SMILES string of the molecule is Cn1c(=O)n2n(c1=O)C1C=CC2C2C=C(c3ccccc3)C21. The van der Waals surface area contributed by atoms with Gasteiger partial charge in [-0.1, -0.05) is 48.6 Å². The number of hydrogen-bond donors (Lipinski definition) is 0. The summed E-state index contributed by atoms with van der Waals surface area (Å²) in [7, 11) is 1.55. The van der Waals surface area contributed by atoms with E-state index in [1.54, 1.807) is 16.4 Å². The molecule has 0 saturated carbocycles. The van der Waals surface area contributed by atoms with Crippen LogP contribution in [0.5, 0.6) is 0 Å². The third-order valence-corrected chi connectivity index (χ3v) is 5.28. The first-order valence-corrected chi connectivity index (χ1v) is 7.54. The zero-order chi connectivity index (χ0) is 15.0. The molecule has 1 aromatic carbocycles. The van der Waals surface area contributed by atoms with E-state index < -0.39 is 0 Å². The van der Waals surface area contributed by atoms with Crippen LogP contribution in [0.1, 0.15) is 17.6 Å². The van der Waals surface area contributed by atoms with Gasteiger partial charge in [-0.2, -0.15) is 0 Å². The Morgan fingerprint density at radius 1 is 0.909 bits per heavy atom. The summed E-state index contributed by atoms with van der Waals surface area (Å²) in [5, 5.41) is 0. The molecule has 2 bridgehead atoms. The van der Waals surface area contributed by atoms with Crippen LogP contribution in [0.4, 0.5) is 0 Å². The predicted molar refractivity (Wildman–Crippen MR) is 82.5 cm³/mol. The number of hydrogen-bond acceptors (Lipinski definition) is 2. The molecule has 0 spiro atoms. The Morgan fingerprint density at radius 3 is 2.27 bits per heavy atom. The molecular formula is C17H15N3O2. The van der Waals surface area contributed by atoms with Gasteiger partial charge in [-0.3, -0.25) is 0 Å². The lowest BCUT2D eigenvalue weighted by Crippen LogP contribution is -2.51. The lowest BCUT2D eigenvalue weighted by molar-refractivity contribution is 0.147. The van der Waals surface area contributed by atoms with Gasteiger partial charge in [0.2, 0.25) is 0 Å². The van der Waals surface area contributed by atoms with Gasteiger partial charge >= 0.3 is 11.4 Å². The zero-order valence-corrected chi connectivity index (χ0v) is 12.1. The van der Waals surface area contributed by atoms with Crippen molar-refractivity contribution < 1.29 is 0 Å². The van der Waals surface area contributed by atoms with Crippen molar-refractivity contribution in [1.29, 1.82) is 0 Å². The molecule has 5 heteroatoms. The number of aromatic nitrogens is 3. The van der Waals surface area contributed by atoms with E-state index in [4.69, 9.17) is 0 Å². The average molecular weight is 293 g/mol. The van der Waals surface area contributed by atoms with Crippen molar-refractivity contribution in [2.24, 2.45) is 18.9 Å². The minimum atomic E-state index is -0.220. The van der Waals surface area contributed by atoms with Crippen LogP contribution in [0.15, 0.2) is 58.1 Å². The first-order chi connectivity index (χ1) is 10.7. The highest BCUT2D eigenvalue weighted by Gasteiger charge is 2.51. The lowest BCUT2D eigenvalue weighted by Gasteiger charge is -2.51. The van der Waals surface area contributed by atoms with Gasteiger partial charge in [0.15, 0.2) is 0 Å². The maximum atomic E-state index is 12.4. The minimum Gasteiger partial charge on any atom is -0.246 e. The quantitative estimate of drug-likeness (QED) is 0.745. The zero-order valence-electron chi connectivity index (χ0n) is 12.1. The first kappa shape index (κ1) is 12.0. The summed E-state index contributed by atoms with van der Waals surface area (Å²) >= 11 is 0. The topological polar surface area (TPSA) is 48.9 Å². The molecule has 6 rings (SSSR count). The predicted octanol–water partition coefficient (Wildman–Crippen LogP) is 1.34. The van der Waals surface area contributed by atoms with Crippen LogP contribution in [-0.4, -0.2) is 13.9 Å². The minimum absolute atomic E-state index is 0.0381. The number of allylic oxidation sites excluding steroid dienone is 4. The van der Waals surface area contributed by atoms with Crippen LogP contribution in [0.2, 0.25) is 0 Å². The Labute approximate surface area is 126 Å². The molecule has 2 aliphatic heterocycles. The number of rotatable bonds is 1. The Kier molecular flexibility index (Phi) is 2.08. The second kappa shape index (κ2) is 3.80. The van der Waals surface area contributed by atoms with Gasteiger partial charge in [-0.25, -0.2) is 23.5 Å². The van der Waals surface area contributed by atoms with E-state index in [0.717, 1.165) is 0 Å². The van der Waals surface area contributed by atoms with Gasteiger partial charge in [0.1, 0.15) is 0 Å². The van der Waals surface area contributed by atoms with Crippen molar-refractivity contribution in [1.82, 2.24) is 13.9 Å². The van der Waals surface area contributed by atoms with Gasteiger partial charge in [-0.15, -0.1) is 0 Å². The summed E-state index contributed by atoms with van der Waals surface area (Å²) in [5.41, 5.74) is 2.06. The van der Waals surface area contributed by atoms with Crippen LogP contribution >= 0.6 is 0 Å². The Balaban J connectivity index is 1.69. The molecule has 2 aromatic rings. The molecule has 3 heterocycles. The summed E-state index contributed by atoms with van der Waals surface area (Å²) in [6, 6.07) is 10.2. The molecule has 0 N–H and O–H groups in total. The second-order valence-electron chi connectivity index (χ2n) is 6.27. The Bertz CT molecular complexity index is 958. The molecule has 110 valence electrons. The van der Waals surface area contributed by atoms with E-state index in [1.165, 1.54) is 15.7 Å². The van der Waals surface area contributed by atoms with E-state index in [-0.39, 0.29) is 29.4 Å². The summed E-state index contributed by atoms with van der Waals surface area (Å²) in [6.07, 6.45) is 6.42. The molecule has 0 saturated heterocycles. The van der Waals surface area contributed by atoms with E-state index in [0.29, 0.717) is 5.92 Å². The van der Waals surface area contributed by atoms with Gasteiger partial charge in [0.05, 0.1) is 12.1 Å². The van der Waals surface area contributed by atoms with Crippen molar-refractivity contribution in [3.8, 4) is 0 Å². The van der Waals surface area contributed by atoms with Gasteiger partial charge in [-0.05, 0) is 11.1 Å².